The van der Waals surface area contributed by atoms with E-state index in [0.29, 0.717) is 13.1 Å². The van der Waals surface area contributed by atoms with Gasteiger partial charge >= 0.3 is 6.18 Å². The first kappa shape index (κ1) is 15.2. The Labute approximate surface area is 126 Å². The van der Waals surface area contributed by atoms with Gasteiger partial charge in [-0.15, -0.1) is 11.3 Å². The van der Waals surface area contributed by atoms with E-state index in [9.17, 15) is 13.2 Å². The van der Waals surface area contributed by atoms with Crippen LogP contribution in [0.4, 0.5) is 13.2 Å². The number of halogens is 3. The molecule has 0 radical (unpaired) electrons. The summed E-state index contributed by atoms with van der Waals surface area (Å²) in [7, 11) is 0. The van der Waals surface area contributed by atoms with Crippen LogP contribution in [-0.4, -0.2) is 41.7 Å². The van der Waals surface area contributed by atoms with Gasteiger partial charge in [0.25, 0.3) is 0 Å². The quantitative estimate of drug-likeness (QED) is 0.928. The maximum absolute atomic E-state index is 12.4. The first-order valence-corrected chi connectivity index (χ1v) is 8.24. The molecule has 21 heavy (non-hydrogen) atoms. The highest BCUT2D eigenvalue weighted by molar-refractivity contribution is 7.11. The summed E-state index contributed by atoms with van der Waals surface area (Å²) in [6.07, 6.45) is -0.110. The molecular weight excluding hydrogens is 299 g/mol. The molecule has 0 amide bonds. The van der Waals surface area contributed by atoms with Crippen LogP contribution in [-0.2, 0) is 6.42 Å². The fourth-order valence-corrected chi connectivity index (χ4v) is 4.42. The molecule has 0 spiro atoms. The second-order valence-corrected chi connectivity index (χ2v) is 7.23. The topological polar surface area (TPSA) is 28.2 Å². The molecule has 0 aromatic carbocycles. The molecule has 1 aliphatic heterocycles. The van der Waals surface area contributed by atoms with E-state index < -0.39 is 12.7 Å². The zero-order valence-corrected chi connectivity index (χ0v) is 12.9. The van der Waals surface area contributed by atoms with Gasteiger partial charge in [0.1, 0.15) is 0 Å². The number of nitrogens with zero attached hydrogens (tertiary/aromatic N) is 2. The van der Waals surface area contributed by atoms with Gasteiger partial charge in [-0.1, -0.05) is 0 Å². The minimum Gasteiger partial charge on any atom is -0.305 e. The summed E-state index contributed by atoms with van der Waals surface area (Å²) in [6.45, 7) is 2.24. The Balaban J connectivity index is 1.59. The molecule has 3 rings (SSSR count). The van der Waals surface area contributed by atoms with Gasteiger partial charge in [0.2, 0.25) is 0 Å². The molecule has 0 bridgehead atoms. The number of thiazole rings is 1. The minimum atomic E-state index is -4.10. The fourth-order valence-electron chi connectivity index (χ4n) is 3.35. The molecule has 1 aliphatic carbocycles. The summed E-state index contributed by atoms with van der Waals surface area (Å²) in [5, 5.41) is 4.65. The van der Waals surface area contributed by atoms with Crippen molar-refractivity contribution in [3.63, 3.8) is 0 Å². The lowest BCUT2D eigenvalue weighted by Crippen LogP contribution is -2.38. The smallest absolute Gasteiger partial charge is 0.305 e. The lowest BCUT2D eigenvalue weighted by molar-refractivity contribution is -0.143. The predicted molar refractivity (Wildman–Crippen MR) is 76.6 cm³/mol. The molecule has 1 N–H and O–H groups in total. The van der Waals surface area contributed by atoms with Gasteiger partial charge in [-0.2, -0.15) is 13.2 Å². The zero-order valence-electron chi connectivity index (χ0n) is 12.0. The van der Waals surface area contributed by atoms with E-state index in [2.05, 4.69) is 10.3 Å². The number of rotatable bonds is 3. The van der Waals surface area contributed by atoms with Gasteiger partial charge < -0.3 is 5.32 Å². The lowest BCUT2D eigenvalue weighted by Gasteiger charge is -2.26. The highest BCUT2D eigenvalue weighted by Crippen LogP contribution is 2.34. The third kappa shape index (κ3) is 3.76. The molecule has 2 aliphatic rings. The normalized spacial score (nSPS) is 27.0. The molecule has 118 valence electrons. The van der Waals surface area contributed by atoms with Crippen molar-refractivity contribution in [2.75, 3.05) is 19.6 Å². The Hall–Kier alpha value is -0.660. The molecule has 0 unspecified atom stereocenters. The molecular formula is C14H20F3N3S. The van der Waals surface area contributed by atoms with E-state index in [-0.39, 0.29) is 12.1 Å². The van der Waals surface area contributed by atoms with Crippen LogP contribution in [0.2, 0.25) is 0 Å². The van der Waals surface area contributed by atoms with Crippen molar-refractivity contribution < 1.29 is 13.2 Å². The van der Waals surface area contributed by atoms with Crippen LogP contribution in [0.5, 0.6) is 0 Å². The molecule has 1 aromatic rings. The second-order valence-electron chi connectivity index (χ2n) is 5.99. The van der Waals surface area contributed by atoms with Gasteiger partial charge in [0, 0.05) is 30.1 Å². The maximum Gasteiger partial charge on any atom is 0.401 e. The zero-order chi connectivity index (χ0) is 15.0. The average molecular weight is 319 g/mol. The molecule has 7 heteroatoms. The molecule has 3 nitrogen and oxygen atoms in total. The van der Waals surface area contributed by atoms with Crippen LogP contribution >= 0.6 is 11.3 Å². The van der Waals surface area contributed by atoms with Crippen LogP contribution in [0.3, 0.4) is 0 Å². The Morgan fingerprint density at radius 3 is 2.95 bits per heavy atom. The van der Waals surface area contributed by atoms with E-state index in [1.165, 1.54) is 15.5 Å². The number of aromatic nitrogens is 1. The summed E-state index contributed by atoms with van der Waals surface area (Å²) in [5.74, 6) is 0. The van der Waals surface area contributed by atoms with Crippen molar-refractivity contribution in [1.82, 2.24) is 15.2 Å². The van der Waals surface area contributed by atoms with Crippen LogP contribution in [0.1, 0.15) is 40.9 Å². The SMILES string of the molecule is Cc1nc2c(s1)[C@@H](N[C@H]1CCN(CC(F)(F)F)C1)CCC2. The van der Waals surface area contributed by atoms with Crippen LogP contribution in [0, 0.1) is 6.92 Å². The first-order chi connectivity index (χ1) is 9.90. The van der Waals surface area contributed by atoms with Gasteiger partial charge in [0.05, 0.1) is 17.2 Å². The molecule has 0 saturated carbocycles. The van der Waals surface area contributed by atoms with Crippen molar-refractivity contribution in [3.8, 4) is 0 Å². The van der Waals surface area contributed by atoms with Gasteiger partial charge in [-0.05, 0) is 32.6 Å². The Morgan fingerprint density at radius 1 is 1.38 bits per heavy atom. The highest BCUT2D eigenvalue weighted by atomic mass is 32.1. The number of alkyl halides is 3. The standard InChI is InChI=1S/C14H20F3N3S/c1-9-18-11-3-2-4-12(13(11)21-9)19-10-5-6-20(7-10)8-14(15,16)17/h10,12,19H,2-8H2,1H3/t10-,12-/m0/s1. The number of nitrogens with one attached hydrogen (secondary N) is 1. The van der Waals surface area contributed by atoms with Crippen molar-refractivity contribution in [2.45, 2.75) is 50.9 Å². The summed E-state index contributed by atoms with van der Waals surface area (Å²) in [5.41, 5.74) is 1.19. The van der Waals surface area contributed by atoms with Crippen LogP contribution in [0.15, 0.2) is 0 Å². The Morgan fingerprint density at radius 2 is 2.19 bits per heavy atom. The molecule has 1 saturated heterocycles. The van der Waals surface area contributed by atoms with E-state index in [1.54, 1.807) is 11.3 Å². The van der Waals surface area contributed by atoms with Crippen LogP contribution < -0.4 is 5.32 Å². The van der Waals surface area contributed by atoms with E-state index in [0.717, 1.165) is 30.7 Å². The second kappa shape index (κ2) is 5.85. The highest BCUT2D eigenvalue weighted by Gasteiger charge is 2.35. The third-order valence-corrected chi connectivity index (χ3v) is 5.30. The monoisotopic (exact) mass is 319 g/mol. The van der Waals surface area contributed by atoms with Gasteiger partial charge in [-0.3, -0.25) is 4.90 Å². The van der Waals surface area contributed by atoms with Crippen molar-refractivity contribution in [3.05, 3.63) is 15.6 Å². The van der Waals surface area contributed by atoms with Gasteiger partial charge in [0.15, 0.2) is 0 Å². The molecule has 1 fully saturated rings. The van der Waals surface area contributed by atoms with Crippen LogP contribution in [0.25, 0.3) is 0 Å². The molecule has 2 atom stereocenters. The fraction of sp³-hybridized carbons (Fsp3) is 0.786. The van der Waals surface area contributed by atoms with E-state index >= 15 is 0 Å². The number of hydrogen-bond acceptors (Lipinski definition) is 4. The molecule has 2 heterocycles. The summed E-state index contributed by atoms with van der Waals surface area (Å²) in [6, 6.07) is 0.432. The van der Waals surface area contributed by atoms with Crippen molar-refractivity contribution >= 4 is 11.3 Å². The predicted octanol–water partition coefficient (Wildman–Crippen LogP) is 3.06. The number of hydrogen-bond donors (Lipinski definition) is 1. The lowest BCUT2D eigenvalue weighted by atomic mass is 9.97. The van der Waals surface area contributed by atoms with Crippen molar-refractivity contribution in [1.29, 1.82) is 0 Å². The minimum absolute atomic E-state index is 0.158. The summed E-state index contributed by atoms with van der Waals surface area (Å²) in [4.78, 5) is 7.36. The summed E-state index contributed by atoms with van der Waals surface area (Å²) >= 11 is 1.73. The maximum atomic E-state index is 12.4. The van der Waals surface area contributed by atoms with E-state index in [4.69, 9.17) is 0 Å². The first-order valence-electron chi connectivity index (χ1n) is 7.42. The van der Waals surface area contributed by atoms with Gasteiger partial charge in [-0.25, -0.2) is 4.98 Å². The number of fused-ring (bicyclic) bond motifs is 1. The number of aryl methyl sites for hydroxylation is 2. The average Bonchev–Trinajstić information content (AvgIpc) is 2.93. The molecule has 1 aromatic heterocycles. The summed E-state index contributed by atoms with van der Waals surface area (Å²) < 4.78 is 37.3. The van der Waals surface area contributed by atoms with Crippen molar-refractivity contribution in [2.24, 2.45) is 0 Å². The largest absolute Gasteiger partial charge is 0.401 e. The third-order valence-electron chi connectivity index (χ3n) is 4.17. The number of likely N-dealkylation sites (tertiary alicyclic amines) is 1. The van der Waals surface area contributed by atoms with E-state index in [1.807, 2.05) is 6.92 Å². The Kier molecular flexibility index (Phi) is 4.25. The Bertz CT molecular complexity index is 500.